The highest BCUT2D eigenvalue weighted by molar-refractivity contribution is 7.54. The molecule has 0 aliphatic carbocycles. The monoisotopic (exact) mass is 358 g/mol. The van der Waals surface area contributed by atoms with Gasteiger partial charge in [0.05, 0.1) is 19.8 Å². The number of Topliss-reactive ketones (excluding diaryl/α,β-unsaturated/α-hetero) is 1. The number of ketones is 1. The lowest BCUT2D eigenvalue weighted by molar-refractivity contribution is -0.241. The number of rotatable bonds is 9. The number of carbonyl (C=O) groups is 1. The minimum absolute atomic E-state index is 0.164. The number of ether oxygens (including phenoxy) is 1. The molecule has 0 radical (unpaired) electrons. The van der Waals surface area contributed by atoms with Crippen LogP contribution >= 0.6 is 7.60 Å². The summed E-state index contributed by atoms with van der Waals surface area (Å²) in [5.74, 6) is -0.914. The average Bonchev–Trinajstić information content (AvgIpc) is 2.45. The zero-order valence-corrected chi connectivity index (χ0v) is 13.1. The summed E-state index contributed by atoms with van der Waals surface area (Å²) in [7, 11) is -1.89. The van der Waals surface area contributed by atoms with Crippen molar-refractivity contribution in [2.75, 3.05) is 27.0 Å². The van der Waals surface area contributed by atoms with Gasteiger partial charge in [0.25, 0.3) is 0 Å². The number of alkyl halides is 3. The highest BCUT2D eigenvalue weighted by Crippen LogP contribution is 2.48. The van der Waals surface area contributed by atoms with Gasteiger partial charge in [0.2, 0.25) is 0 Å². The number of hydrogen-bond donors (Lipinski definition) is 0. The van der Waals surface area contributed by atoms with E-state index in [0.29, 0.717) is 0 Å². The van der Waals surface area contributed by atoms with Gasteiger partial charge in [0.1, 0.15) is 18.5 Å². The van der Waals surface area contributed by atoms with Crippen molar-refractivity contribution in [3.63, 3.8) is 0 Å². The molecule has 0 bridgehead atoms. The van der Waals surface area contributed by atoms with E-state index in [1.807, 2.05) is 0 Å². The van der Waals surface area contributed by atoms with Crippen molar-refractivity contribution < 1.29 is 46.4 Å². The fraction of sp³-hybridized carbons (Fsp3) is 0.417. The van der Waals surface area contributed by atoms with Gasteiger partial charge in [-0.3, -0.25) is 9.36 Å². The summed E-state index contributed by atoms with van der Waals surface area (Å²) in [5, 5.41) is 0. The van der Waals surface area contributed by atoms with Crippen LogP contribution in [0.3, 0.4) is 0 Å². The Kier molecular flexibility index (Phi) is 7.17. The first-order valence-corrected chi connectivity index (χ1v) is 7.78. The van der Waals surface area contributed by atoms with Crippen molar-refractivity contribution in [3.05, 3.63) is 29.8 Å². The van der Waals surface area contributed by atoms with Gasteiger partial charge in [-0.25, -0.2) is 9.78 Å². The molecule has 0 amide bonds. The van der Waals surface area contributed by atoms with Crippen LogP contribution in [0.25, 0.3) is 0 Å². The highest BCUT2D eigenvalue weighted by atomic mass is 31.2. The first kappa shape index (κ1) is 19.6. The number of halogens is 3. The summed E-state index contributed by atoms with van der Waals surface area (Å²) in [5.41, 5.74) is -0.918. The van der Waals surface area contributed by atoms with Crippen LogP contribution in [0.2, 0.25) is 0 Å². The lowest BCUT2D eigenvalue weighted by Gasteiger charge is -2.13. The Morgan fingerprint density at radius 2 is 1.78 bits per heavy atom. The second-order valence-electron chi connectivity index (χ2n) is 4.10. The van der Waals surface area contributed by atoms with Gasteiger partial charge in [0.15, 0.2) is 5.78 Å². The molecule has 0 fully saturated rings. The van der Waals surface area contributed by atoms with Crippen LogP contribution in [-0.2, 0) is 34.7 Å². The number of benzene rings is 1. The van der Waals surface area contributed by atoms with Crippen LogP contribution in [0.4, 0.5) is 13.2 Å². The standard InChI is InChI=1S/C12H14F3O7P/c1-18-21-23(17,22-19-2)8-10(16)7-20-11-5-3-4-9(6-11)12(13,14)15/h3-6H,7-8H2,1-2H3. The smallest absolute Gasteiger partial charge is 0.416 e. The Hall–Kier alpha value is -1.45. The van der Waals surface area contributed by atoms with Gasteiger partial charge in [0, 0.05) is 0 Å². The maximum Gasteiger partial charge on any atom is 0.416 e. The third-order valence-electron chi connectivity index (χ3n) is 2.31. The van der Waals surface area contributed by atoms with E-state index in [1.54, 1.807) is 0 Å². The third-order valence-corrected chi connectivity index (χ3v) is 3.80. The molecule has 0 unspecified atom stereocenters. The third kappa shape index (κ3) is 6.67. The summed E-state index contributed by atoms with van der Waals surface area (Å²) < 4.78 is 63.1. The normalized spacial score (nSPS) is 12.2. The lowest BCUT2D eigenvalue weighted by atomic mass is 10.2. The second kappa shape index (κ2) is 8.42. The molecule has 0 saturated heterocycles. The van der Waals surface area contributed by atoms with Crippen molar-refractivity contribution in [2.24, 2.45) is 0 Å². The Morgan fingerprint density at radius 1 is 1.17 bits per heavy atom. The molecule has 7 nitrogen and oxygen atoms in total. The van der Waals surface area contributed by atoms with Gasteiger partial charge < -0.3 is 4.74 Å². The minimum Gasteiger partial charge on any atom is -0.486 e. The Bertz CT molecular complexity index is 566. The molecule has 1 aromatic carbocycles. The maximum absolute atomic E-state index is 12.5. The Balaban J connectivity index is 2.64. The number of carbonyl (C=O) groups excluding carboxylic acids is 1. The lowest BCUT2D eigenvalue weighted by Crippen LogP contribution is -2.17. The van der Waals surface area contributed by atoms with Crippen molar-refractivity contribution >= 4 is 13.4 Å². The van der Waals surface area contributed by atoms with Gasteiger partial charge in [-0.15, -0.1) is 9.35 Å². The van der Waals surface area contributed by atoms with Crippen molar-refractivity contribution in [3.8, 4) is 5.75 Å². The minimum atomic E-state index is -4.53. The fourth-order valence-corrected chi connectivity index (χ4v) is 2.59. The molecule has 1 aromatic rings. The molecule has 0 N–H and O–H groups in total. The molecular weight excluding hydrogens is 344 g/mol. The molecular formula is C12H14F3O7P. The molecule has 130 valence electrons. The fourth-order valence-electron chi connectivity index (χ4n) is 1.48. The van der Waals surface area contributed by atoms with E-state index in [-0.39, 0.29) is 5.75 Å². The van der Waals surface area contributed by atoms with E-state index in [2.05, 4.69) is 19.1 Å². The van der Waals surface area contributed by atoms with Crippen LogP contribution in [0, 0.1) is 0 Å². The van der Waals surface area contributed by atoms with Crippen LogP contribution in [0.1, 0.15) is 5.56 Å². The zero-order valence-electron chi connectivity index (χ0n) is 12.2. The Labute approximate surface area is 129 Å². The largest absolute Gasteiger partial charge is 0.486 e. The maximum atomic E-state index is 12.5. The van der Waals surface area contributed by atoms with Crippen molar-refractivity contribution in [2.45, 2.75) is 6.18 Å². The molecule has 23 heavy (non-hydrogen) atoms. The van der Waals surface area contributed by atoms with Gasteiger partial charge in [-0.1, -0.05) is 6.07 Å². The van der Waals surface area contributed by atoms with E-state index in [1.165, 1.54) is 6.07 Å². The Morgan fingerprint density at radius 3 is 2.30 bits per heavy atom. The number of hydrogen-bond acceptors (Lipinski definition) is 7. The van der Waals surface area contributed by atoms with E-state index >= 15 is 0 Å². The molecule has 0 saturated carbocycles. The van der Waals surface area contributed by atoms with E-state index in [9.17, 15) is 22.5 Å². The van der Waals surface area contributed by atoms with Crippen LogP contribution in [0.5, 0.6) is 5.75 Å². The van der Waals surface area contributed by atoms with Crippen LogP contribution in [-0.4, -0.2) is 32.8 Å². The van der Waals surface area contributed by atoms with Gasteiger partial charge in [-0.05, 0) is 18.2 Å². The summed E-state index contributed by atoms with van der Waals surface area (Å²) in [6, 6.07) is 3.99. The molecule has 0 aliphatic heterocycles. The summed E-state index contributed by atoms with van der Waals surface area (Å²) >= 11 is 0. The van der Waals surface area contributed by atoms with E-state index < -0.39 is 37.9 Å². The first-order valence-electron chi connectivity index (χ1n) is 6.06. The molecule has 0 aromatic heterocycles. The van der Waals surface area contributed by atoms with Crippen LogP contribution in [0.15, 0.2) is 24.3 Å². The molecule has 0 aliphatic rings. The average molecular weight is 358 g/mol. The van der Waals surface area contributed by atoms with E-state index in [0.717, 1.165) is 32.4 Å². The van der Waals surface area contributed by atoms with Crippen molar-refractivity contribution in [1.29, 1.82) is 0 Å². The van der Waals surface area contributed by atoms with E-state index in [4.69, 9.17) is 4.74 Å². The highest BCUT2D eigenvalue weighted by Gasteiger charge is 2.32. The topological polar surface area (TPSA) is 80.3 Å². The quantitative estimate of drug-likeness (QED) is 0.381. The van der Waals surface area contributed by atoms with Gasteiger partial charge in [-0.2, -0.15) is 13.2 Å². The van der Waals surface area contributed by atoms with Crippen LogP contribution < -0.4 is 4.74 Å². The molecule has 1 rings (SSSR count). The molecule has 11 heteroatoms. The molecule has 0 spiro atoms. The zero-order chi connectivity index (χ0) is 17.5. The summed E-state index contributed by atoms with van der Waals surface area (Å²) in [6.07, 6.45) is -5.27. The predicted octanol–water partition coefficient (Wildman–Crippen LogP) is 3.00. The van der Waals surface area contributed by atoms with Gasteiger partial charge >= 0.3 is 13.8 Å². The SMILES string of the molecule is COOP(=O)(CC(=O)COc1cccc(C(F)(F)F)c1)OOC. The van der Waals surface area contributed by atoms with Crippen molar-refractivity contribution in [1.82, 2.24) is 0 Å². The predicted molar refractivity (Wildman–Crippen MR) is 70.6 cm³/mol. The molecule has 0 heterocycles. The first-order chi connectivity index (χ1) is 10.7. The molecule has 0 atom stereocenters. The second-order valence-corrected chi connectivity index (χ2v) is 5.94. The summed E-state index contributed by atoms with van der Waals surface area (Å²) in [4.78, 5) is 20.1. The summed E-state index contributed by atoms with van der Waals surface area (Å²) in [6.45, 7) is -0.633.